The monoisotopic (exact) mass is 231 g/mol. The highest BCUT2D eigenvalue weighted by atomic mass is 79.9. The van der Waals surface area contributed by atoms with E-state index < -0.39 is 0 Å². The molecule has 0 aliphatic rings. The minimum Gasteiger partial charge on any atom is -0.287 e. The number of rotatable bonds is 0. The molecular weight excluding hydrogens is 229 g/mol. The molecule has 0 radical (unpaired) electrons. The average molecular weight is 232 g/mol. The molecule has 0 spiro atoms. The lowest BCUT2D eigenvalue weighted by Crippen LogP contribution is -1.83. The van der Waals surface area contributed by atoms with Gasteiger partial charge >= 0.3 is 0 Å². The zero-order valence-electron chi connectivity index (χ0n) is 5.33. The van der Waals surface area contributed by atoms with Crippen molar-refractivity contribution in [2.45, 2.75) is 0 Å². The SMILES string of the molecule is Clc1cc(Br)cn2cnnc12. The summed E-state index contributed by atoms with van der Waals surface area (Å²) in [5.41, 5.74) is 0.676. The Morgan fingerprint density at radius 2 is 2.36 bits per heavy atom. The molecular formula is C6H3BrClN3. The standard InChI is InChI=1S/C6H3BrClN3/c7-4-1-5(8)6-10-9-3-11(6)2-4/h1-3H. The largest absolute Gasteiger partial charge is 0.287 e. The van der Waals surface area contributed by atoms with Crippen LogP contribution in [0.2, 0.25) is 5.02 Å². The summed E-state index contributed by atoms with van der Waals surface area (Å²) in [4.78, 5) is 0. The second-order valence-electron chi connectivity index (χ2n) is 2.07. The van der Waals surface area contributed by atoms with Gasteiger partial charge in [0.15, 0.2) is 5.65 Å². The van der Waals surface area contributed by atoms with Crippen LogP contribution < -0.4 is 0 Å². The van der Waals surface area contributed by atoms with Crippen LogP contribution in [0.15, 0.2) is 23.1 Å². The lowest BCUT2D eigenvalue weighted by molar-refractivity contribution is 1.10. The first-order valence-corrected chi connectivity index (χ1v) is 4.09. The van der Waals surface area contributed by atoms with Gasteiger partial charge in [-0.3, -0.25) is 4.40 Å². The number of nitrogens with zero attached hydrogens (tertiary/aromatic N) is 3. The first-order valence-electron chi connectivity index (χ1n) is 2.92. The van der Waals surface area contributed by atoms with Gasteiger partial charge in [0.2, 0.25) is 0 Å². The van der Waals surface area contributed by atoms with E-state index in [1.54, 1.807) is 16.8 Å². The van der Waals surface area contributed by atoms with Crippen molar-refractivity contribution in [3.05, 3.63) is 28.1 Å². The van der Waals surface area contributed by atoms with Crippen LogP contribution >= 0.6 is 27.5 Å². The molecule has 56 valence electrons. The van der Waals surface area contributed by atoms with E-state index in [-0.39, 0.29) is 0 Å². The number of fused-ring (bicyclic) bond motifs is 1. The van der Waals surface area contributed by atoms with Gasteiger partial charge in [-0.05, 0) is 22.0 Å². The summed E-state index contributed by atoms with van der Waals surface area (Å²) in [5.74, 6) is 0. The number of pyridine rings is 1. The average Bonchev–Trinajstić information content (AvgIpc) is 2.34. The van der Waals surface area contributed by atoms with E-state index >= 15 is 0 Å². The van der Waals surface area contributed by atoms with E-state index in [9.17, 15) is 0 Å². The van der Waals surface area contributed by atoms with Crippen molar-refractivity contribution >= 4 is 33.2 Å². The molecule has 0 bridgehead atoms. The summed E-state index contributed by atoms with van der Waals surface area (Å²) in [6.07, 6.45) is 3.45. The van der Waals surface area contributed by atoms with Gasteiger partial charge in [-0.15, -0.1) is 10.2 Å². The van der Waals surface area contributed by atoms with Crippen LogP contribution in [0.5, 0.6) is 0 Å². The summed E-state index contributed by atoms with van der Waals surface area (Å²) in [5, 5.41) is 8.12. The molecule has 0 aliphatic carbocycles. The molecule has 2 rings (SSSR count). The van der Waals surface area contributed by atoms with Crippen LogP contribution in [-0.2, 0) is 0 Å². The van der Waals surface area contributed by atoms with Crippen molar-refractivity contribution in [1.82, 2.24) is 14.6 Å². The van der Waals surface area contributed by atoms with Crippen LogP contribution in [0, 0.1) is 0 Å². The van der Waals surface area contributed by atoms with Crippen LogP contribution in [-0.4, -0.2) is 14.6 Å². The minimum atomic E-state index is 0.594. The fourth-order valence-electron chi connectivity index (χ4n) is 0.864. The zero-order valence-corrected chi connectivity index (χ0v) is 7.67. The quantitative estimate of drug-likeness (QED) is 0.697. The predicted octanol–water partition coefficient (Wildman–Crippen LogP) is 2.15. The zero-order chi connectivity index (χ0) is 7.84. The molecule has 3 nitrogen and oxygen atoms in total. The smallest absolute Gasteiger partial charge is 0.179 e. The van der Waals surface area contributed by atoms with E-state index in [2.05, 4.69) is 26.1 Å². The molecule has 2 heterocycles. The third kappa shape index (κ3) is 1.12. The number of aromatic nitrogens is 3. The molecule has 0 saturated carbocycles. The first kappa shape index (κ1) is 7.06. The van der Waals surface area contributed by atoms with Crippen LogP contribution in [0.3, 0.4) is 0 Å². The van der Waals surface area contributed by atoms with Crippen LogP contribution in [0.1, 0.15) is 0 Å². The number of halogens is 2. The Hall–Kier alpha value is -0.610. The van der Waals surface area contributed by atoms with Crippen molar-refractivity contribution in [3.8, 4) is 0 Å². The lowest BCUT2D eigenvalue weighted by Gasteiger charge is -1.94. The second kappa shape index (κ2) is 2.46. The van der Waals surface area contributed by atoms with Gasteiger partial charge in [0.1, 0.15) is 6.33 Å². The second-order valence-corrected chi connectivity index (χ2v) is 3.39. The maximum atomic E-state index is 5.85. The number of hydrogen-bond acceptors (Lipinski definition) is 2. The Morgan fingerprint density at radius 1 is 1.55 bits per heavy atom. The molecule has 0 atom stereocenters. The highest BCUT2D eigenvalue weighted by molar-refractivity contribution is 9.10. The van der Waals surface area contributed by atoms with E-state index in [0.29, 0.717) is 10.7 Å². The predicted molar refractivity (Wildman–Crippen MR) is 45.7 cm³/mol. The topological polar surface area (TPSA) is 30.2 Å². The van der Waals surface area contributed by atoms with Gasteiger partial charge in [0.25, 0.3) is 0 Å². The summed E-state index contributed by atoms with van der Waals surface area (Å²) in [6, 6.07) is 1.78. The molecule has 5 heteroatoms. The molecule has 0 amide bonds. The van der Waals surface area contributed by atoms with Gasteiger partial charge in [0, 0.05) is 10.7 Å². The van der Waals surface area contributed by atoms with E-state index in [1.807, 2.05) is 6.20 Å². The molecule has 2 aromatic heterocycles. The summed E-state index contributed by atoms with van der Waals surface area (Å²) >= 11 is 9.16. The Labute approximate surface area is 76.1 Å². The highest BCUT2D eigenvalue weighted by Crippen LogP contribution is 2.19. The third-order valence-electron chi connectivity index (χ3n) is 1.31. The summed E-state index contributed by atoms with van der Waals surface area (Å²) in [6.45, 7) is 0. The fraction of sp³-hybridized carbons (Fsp3) is 0. The van der Waals surface area contributed by atoms with Crippen LogP contribution in [0.25, 0.3) is 5.65 Å². The molecule has 0 unspecified atom stereocenters. The Kier molecular flexibility index (Phi) is 1.58. The molecule has 0 aliphatic heterocycles. The molecule has 11 heavy (non-hydrogen) atoms. The van der Waals surface area contributed by atoms with Crippen molar-refractivity contribution in [3.63, 3.8) is 0 Å². The Morgan fingerprint density at radius 3 is 3.18 bits per heavy atom. The molecule has 0 aromatic carbocycles. The normalized spacial score (nSPS) is 10.7. The lowest BCUT2D eigenvalue weighted by atomic mass is 10.5. The van der Waals surface area contributed by atoms with E-state index in [4.69, 9.17) is 11.6 Å². The summed E-state index contributed by atoms with van der Waals surface area (Å²) < 4.78 is 2.67. The third-order valence-corrected chi connectivity index (χ3v) is 2.03. The van der Waals surface area contributed by atoms with Gasteiger partial charge < -0.3 is 0 Å². The van der Waals surface area contributed by atoms with Crippen molar-refractivity contribution in [2.75, 3.05) is 0 Å². The Bertz CT molecular complexity index is 398. The molecule has 0 fully saturated rings. The first-order chi connectivity index (χ1) is 5.27. The van der Waals surface area contributed by atoms with Crippen molar-refractivity contribution in [1.29, 1.82) is 0 Å². The molecule has 2 aromatic rings. The van der Waals surface area contributed by atoms with E-state index in [0.717, 1.165) is 4.47 Å². The van der Waals surface area contributed by atoms with Crippen molar-refractivity contribution in [2.24, 2.45) is 0 Å². The number of hydrogen-bond donors (Lipinski definition) is 0. The van der Waals surface area contributed by atoms with Gasteiger partial charge in [-0.2, -0.15) is 0 Å². The van der Waals surface area contributed by atoms with Gasteiger partial charge in [-0.1, -0.05) is 11.6 Å². The van der Waals surface area contributed by atoms with Gasteiger partial charge in [0.05, 0.1) is 5.02 Å². The summed E-state index contributed by atoms with van der Waals surface area (Å²) in [7, 11) is 0. The maximum absolute atomic E-state index is 5.85. The van der Waals surface area contributed by atoms with E-state index in [1.165, 1.54) is 0 Å². The maximum Gasteiger partial charge on any atom is 0.179 e. The molecule has 0 N–H and O–H groups in total. The van der Waals surface area contributed by atoms with Crippen molar-refractivity contribution < 1.29 is 0 Å². The van der Waals surface area contributed by atoms with Gasteiger partial charge in [-0.25, -0.2) is 0 Å². The highest BCUT2D eigenvalue weighted by Gasteiger charge is 2.01. The van der Waals surface area contributed by atoms with Crippen LogP contribution in [0.4, 0.5) is 0 Å². The Balaban J connectivity index is 2.91. The fourth-order valence-corrected chi connectivity index (χ4v) is 1.70. The molecule has 0 saturated heterocycles. The minimum absolute atomic E-state index is 0.594.